The number of nitrogens with zero attached hydrogens (tertiary/aromatic N) is 1. The fourth-order valence-corrected chi connectivity index (χ4v) is 2.75. The second-order valence-electron chi connectivity index (χ2n) is 5.72. The van der Waals surface area contributed by atoms with Gasteiger partial charge in [0.25, 0.3) is 5.91 Å². The van der Waals surface area contributed by atoms with Crippen molar-refractivity contribution in [1.29, 1.82) is 5.41 Å². The van der Waals surface area contributed by atoms with E-state index in [4.69, 9.17) is 14.9 Å². The van der Waals surface area contributed by atoms with Crippen molar-refractivity contribution in [3.8, 4) is 11.5 Å². The number of nitrogens with one attached hydrogen (secondary N) is 2. The van der Waals surface area contributed by atoms with Crippen molar-refractivity contribution in [1.82, 2.24) is 10.2 Å². The van der Waals surface area contributed by atoms with Gasteiger partial charge in [0.1, 0.15) is 12.3 Å². The molecule has 2 N–H and O–H groups in total. The second-order valence-corrected chi connectivity index (χ2v) is 6.63. The molecule has 0 saturated carbocycles. The van der Waals surface area contributed by atoms with Crippen LogP contribution in [0.25, 0.3) is 6.08 Å². The molecule has 0 radical (unpaired) electrons. The standard InChI is InChI=1S/C19H18BrN3O3.ClH/c1-23-15(18(24)22-19(23)21)9-13-5-8-16(17(10-13)25-2)26-11-12-3-6-14(20)7-4-12;/h3-10H,11H2,1-2H3,(H2,21,22,24);1H. The van der Waals surface area contributed by atoms with Crippen LogP contribution in [0.3, 0.4) is 0 Å². The number of hydrogen-bond donors (Lipinski definition) is 2. The molecule has 1 heterocycles. The minimum absolute atomic E-state index is 0. The molecule has 0 aromatic heterocycles. The lowest BCUT2D eigenvalue weighted by molar-refractivity contribution is -0.115. The summed E-state index contributed by atoms with van der Waals surface area (Å²) >= 11 is 3.41. The van der Waals surface area contributed by atoms with Crippen molar-refractivity contribution < 1.29 is 14.3 Å². The number of rotatable bonds is 5. The van der Waals surface area contributed by atoms with Crippen LogP contribution in [-0.2, 0) is 11.4 Å². The van der Waals surface area contributed by atoms with Crippen LogP contribution >= 0.6 is 28.3 Å². The van der Waals surface area contributed by atoms with E-state index in [-0.39, 0.29) is 24.3 Å². The van der Waals surface area contributed by atoms with E-state index in [1.807, 2.05) is 36.4 Å². The third kappa shape index (κ3) is 4.81. The normalized spacial score (nSPS) is 14.8. The first-order valence-corrected chi connectivity index (χ1v) is 8.68. The zero-order valence-electron chi connectivity index (χ0n) is 14.8. The Morgan fingerprint density at radius 1 is 1.19 bits per heavy atom. The van der Waals surface area contributed by atoms with Crippen molar-refractivity contribution in [2.75, 3.05) is 14.2 Å². The van der Waals surface area contributed by atoms with E-state index in [0.29, 0.717) is 23.8 Å². The van der Waals surface area contributed by atoms with Crippen molar-refractivity contribution in [3.05, 3.63) is 63.8 Å². The molecule has 0 unspecified atom stereocenters. The Hall–Kier alpha value is -2.51. The lowest BCUT2D eigenvalue weighted by Gasteiger charge is -2.12. The lowest BCUT2D eigenvalue weighted by atomic mass is 10.1. The van der Waals surface area contributed by atoms with Crippen LogP contribution in [0.4, 0.5) is 0 Å². The maximum Gasteiger partial charge on any atom is 0.274 e. The Morgan fingerprint density at radius 3 is 2.48 bits per heavy atom. The lowest BCUT2D eigenvalue weighted by Crippen LogP contribution is -2.25. The summed E-state index contributed by atoms with van der Waals surface area (Å²) in [5.41, 5.74) is 2.23. The predicted octanol–water partition coefficient (Wildman–Crippen LogP) is 3.80. The van der Waals surface area contributed by atoms with Crippen LogP contribution < -0.4 is 14.8 Å². The molecule has 0 bridgehead atoms. The number of benzene rings is 2. The molecule has 8 heteroatoms. The van der Waals surface area contributed by atoms with Crippen molar-refractivity contribution >= 4 is 46.3 Å². The van der Waals surface area contributed by atoms with Gasteiger partial charge in [-0.05, 0) is 41.5 Å². The molecule has 1 aliphatic rings. The quantitative estimate of drug-likeness (QED) is 0.677. The zero-order valence-corrected chi connectivity index (χ0v) is 17.2. The molecule has 27 heavy (non-hydrogen) atoms. The summed E-state index contributed by atoms with van der Waals surface area (Å²) in [6.45, 7) is 0.423. The Kier molecular flexibility index (Phi) is 6.87. The maximum absolute atomic E-state index is 11.9. The number of amides is 1. The van der Waals surface area contributed by atoms with Gasteiger partial charge >= 0.3 is 0 Å². The number of guanidine groups is 1. The van der Waals surface area contributed by atoms with Gasteiger partial charge < -0.3 is 14.4 Å². The fraction of sp³-hybridized carbons (Fsp3) is 0.158. The highest BCUT2D eigenvalue weighted by molar-refractivity contribution is 9.10. The highest BCUT2D eigenvalue weighted by Crippen LogP contribution is 2.30. The predicted molar refractivity (Wildman–Crippen MR) is 110 cm³/mol. The topological polar surface area (TPSA) is 74.7 Å². The third-order valence-corrected chi connectivity index (χ3v) is 4.49. The van der Waals surface area contributed by atoms with Crippen molar-refractivity contribution in [2.45, 2.75) is 6.61 Å². The second kappa shape index (κ2) is 8.92. The average Bonchev–Trinajstić information content (AvgIpc) is 2.88. The van der Waals surface area contributed by atoms with Crippen LogP contribution in [0, 0.1) is 5.41 Å². The molecule has 1 aliphatic heterocycles. The Balaban J connectivity index is 0.00000261. The summed E-state index contributed by atoms with van der Waals surface area (Å²) in [5, 5.41) is 10.1. The van der Waals surface area contributed by atoms with Crippen LogP contribution in [0.15, 0.2) is 52.6 Å². The molecule has 3 rings (SSSR count). The number of carbonyl (C=O) groups excluding carboxylic acids is 1. The molecule has 142 valence electrons. The molecule has 1 fully saturated rings. The van der Waals surface area contributed by atoms with E-state index in [9.17, 15) is 4.79 Å². The number of ether oxygens (including phenoxy) is 2. The number of carbonyl (C=O) groups is 1. The van der Waals surface area contributed by atoms with Gasteiger partial charge in [-0.25, -0.2) is 0 Å². The summed E-state index contributed by atoms with van der Waals surface area (Å²) in [4.78, 5) is 13.4. The van der Waals surface area contributed by atoms with Gasteiger partial charge in [-0.1, -0.05) is 34.1 Å². The van der Waals surface area contributed by atoms with Gasteiger partial charge in [0.15, 0.2) is 11.5 Å². The van der Waals surface area contributed by atoms with Gasteiger partial charge in [-0.2, -0.15) is 0 Å². The van der Waals surface area contributed by atoms with Gasteiger partial charge in [-0.15, -0.1) is 12.4 Å². The van der Waals surface area contributed by atoms with Gasteiger partial charge in [0.2, 0.25) is 5.96 Å². The molecule has 1 amide bonds. The van der Waals surface area contributed by atoms with Crippen LogP contribution in [0.5, 0.6) is 11.5 Å². The summed E-state index contributed by atoms with van der Waals surface area (Å²) in [6, 6.07) is 13.3. The molecule has 2 aromatic rings. The van der Waals surface area contributed by atoms with Gasteiger partial charge in [-0.3, -0.25) is 15.5 Å². The highest BCUT2D eigenvalue weighted by atomic mass is 79.9. The van der Waals surface area contributed by atoms with E-state index < -0.39 is 0 Å². The Labute approximate surface area is 172 Å². The van der Waals surface area contributed by atoms with Gasteiger partial charge in [0, 0.05) is 11.5 Å². The van der Waals surface area contributed by atoms with E-state index in [2.05, 4.69) is 21.2 Å². The molecule has 2 aromatic carbocycles. The molecule has 0 spiro atoms. The smallest absolute Gasteiger partial charge is 0.274 e. The zero-order chi connectivity index (χ0) is 18.7. The molecule has 6 nitrogen and oxygen atoms in total. The van der Waals surface area contributed by atoms with Gasteiger partial charge in [0.05, 0.1) is 7.11 Å². The summed E-state index contributed by atoms with van der Waals surface area (Å²) in [5.74, 6) is 0.955. The number of hydrogen-bond acceptors (Lipinski definition) is 4. The fourth-order valence-electron chi connectivity index (χ4n) is 2.48. The number of likely N-dealkylation sites (N-methyl/N-ethyl adjacent to an activating group) is 1. The average molecular weight is 453 g/mol. The van der Waals surface area contributed by atoms with E-state index in [0.717, 1.165) is 15.6 Å². The van der Waals surface area contributed by atoms with E-state index in [1.165, 1.54) is 4.90 Å². The number of halogens is 2. The minimum atomic E-state index is -0.299. The summed E-state index contributed by atoms with van der Waals surface area (Å²) in [6.07, 6.45) is 1.71. The molecule has 0 aliphatic carbocycles. The summed E-state index contributed by atoms with van der Waals surface area (Å²) < 4.78 is 12.3. The Morgan fingerprint density at radius 2 is 1.89 bits per heavy atom. The van der Waals surface area contributed by atoms with Crippen LogP contribution in [0.2, 0.25) is 0 Å². The first-order valence-electron chi connectivity index (χ1n) is 7.88. The molecular formula is C19H19BrClN3O3. The highest BCUT2D eigenvalue weighted by Gasteiger charge is 2.26. The van der Waals surface area contributed by atoms with Crippen molar-refractivity contribution in [2.24, 2.45) is 0 Å². The first-order chi connectivity index (χ1) is 12.5. The van der Waals surface area contributed by atoms with E-state index in [1.54, 1.807) is 26.3 Å². The minimum Gasteiger partial charge on any atom is -0.493 e. The van der Waals surface area contributed by atoms with Crippen LogP contribution in [0.1, 0.15) is 11.1 Å². The maximum atomic E-state index is 11.9. The van der Waals surface area contributed by atoms with E-state index >= 15 is 0 Å². The first kappa shape index (κ1) is 20.8. The summed E-state index contributed by atoms with van der Waals surface area (Å²) in [7, 11) is 3.24. The van der Waals surface area contributed by atoms with Crippen molar-refractivity contribution in [3.63, 3.8) is 0 Å². The molecular weight excluding hydrogens is 434 g/mol. The monoisotopic (exact) mass is 451 g/mol. The SMILES string of the molecule is COc1cc(C=C2C(=O)NC(=N)N2C)ccc1OCc1ccc(Br)cc1.Cl. The Bertz CT molecular complexity index is 884. The van der Waals surface area contributed by atoms with Crippen LogP contribution in [-0.4, -0.2) is 30.9 Å². The largest absolute Gasteiger partial charge is 0.493 e. The molecule has 1 saturated heterocycles. The third-order valence-electron chi connectivity index (χ3n) is 3.96. The number of methoxy groups -OCH3 is 1. The molecule has 0 atom stereocenters.